The van der Waals surface area contributed by atoms with Gasteiger partial charge in [-0.1, -0.05) is 58.7 Å². The van der Waals surface area contributed by atoms with Crippen LogP contribution in [0.3, 0.4) is 0 Å². The molecule has 0 fully saturated rings. The van der Waals surface area contributed by atoms with Gasteiger partial charge in [0.25, 0.3) is 0 Å². The van der Waals surface area contributed by atoms with Gasteiger partial charge in [0.2, 0.25) is 11.0 Å². The summed E-state index contributed by atoms with van der Waals surface area (Å²) in [6.07, 6.45) is 0. The smallest absolute Gasteiger partial charge is 0.239 e. The minimum Gasteiger partial charge on any atom is -0.495 e. The van der Waals surface area contributed by atoms with Gasteiger partial charge in [0, 0.05) is 6.54 Å². The highest BCUT2D eigenvalue weighted by molar-refractivity contribution is 8.01. The Kier molecular flexibility index (Phi) is 6.46. The highest BCUT2D eigenvalue weighted by Gasteiger charge is 2.19. The van der Waals surface area contributed by atoms with E-state index < -0.39 is 0 Å². The number of carbonyl (C=O) groups is 1. The third-order valence-corrected chi connectivity index (χ3v) is 7.22. The second-order valence-electron chi connectivity index (χ2n) is 6.09. The fourth-order valence-electron chi connectivity index (χ4n) is 2.78. The number of ether oxygens (including phenoxy) is 1. The van der Waals surface area contributed by atoms with E-state index in [1.54, 1.807) is 12.0 Å². The molecule has 0 radical (unpaired) electrons. The van der Waals surface area contributed by atoms with Crippen LogP contribution in [0.25, 0.3) is 10.2 Å². The largest absolute Gasteiger partial charge is 0.495 e. The average molecular weight is 458 g/mol. The van der Waals surface area contributed by atoms with Crippen molar-refractivity contribution in [2.75, 3.05) is 29.6 Å². The molecule has 10 heteroatoms. The van der Waals surface area contributed by atoms with E-state index in [-0.39, 0.29) is 11.7 Å². The van der Waals surface area contributed by atoms with Gasteiger partial charge in [-0.15, -0.1) is 10.2 Å². The van der Waals surface area contributed by atoms with Crippen LogP contribution in [0.15, 0.2) is 52.9 Å². The van der Waals surface area contributed by atoms with E-state index in [2.05, 4.69) is 20.5 Å². The summed E-state index contributed by atoms with van der Waals surface area (Å²) in [7, 11) is 1.62. The summed E-state index contributed by atoms with van der Waals surface area (Å²) in [5.74, 6) is 0.995. The van der Waals surface area contributed by atoms with Gasteiger partial charge in [0.05, 0.1) is 28.8 Å². The zero-order valence-corrected chi connectivity index (χ0v) is 18.8. The first kappa shape index (κ1) is 20.6. The first-order chi connectivity index (χ1) is 14.7. The molecule has 0 unspecified atom stereocenters. The fraction of sp³-hybridized carbons (Fsp3) is 0.200. The first-order valence-electron chi connectivity index (χ1n) is 9.20. The molecule has 0 atom stereocenters. The summed E-state index contributed by atoms with van der Waals surface area (Å²) in [4.78, 5) is 19.1. The number of para-hydroxylation sites is 3. The van der Waals surface area contributed by atoms with Crippen molar-refractivity contribution >= 4 is 66.5 Å². The van der Waals surface area contributed by atoms with Crippen LogP contribution in [0.5, 0.6) is 5.75 Å². The van der Waals surface area contributed by atoms with Crippen LogP contribution in [0.2, 0.25) is 0 Å². The lowest BCUT2D eigenvalue weighted by Crippen LogP contribution is -2.31. The van der Waals surface area contributed by atoms with E-state index >= 15 is 0 Å². The number of fused-ring (bicyclic) bond motifs is 1. The standard InChI is InChI=1S/C20H19N5O2S3/c1-3-25(19-22-14-9-5-7-11-16(14)29-19)17(26)12-28-20-24-23-18(30-20)21-13-8-4-6-10-15(13)27-2/h4-11H,3,12H2,1-2H3,(H,21,23). The van der Waals surface area contributed by atoms with Crippen molar-refractivity contribution in [1.82, 2.24) is 15.2 Å². The van der Waals surface area contributed by atoms with Gasteiger partial charge in [-0.3, -0.25) is 9.69 Å². The third kappa shape index (κ3) is 4.55. The number of nitrogens with zero attached hydrogens (tertiary/aromatic N) is 4. The van der Waals surface area contributed by atoms with Crippen molar-refractivity contribution in [3.05, 3.63) is 48.5 Å². The summed E-state index contributed by atoms with van der Waals surface area (Å²) >= 11 is 4.30. The van der Waals surface area contributed by atoms with Crippen molar-refractivity contribution in [3.8, 4) is 5.75 Å². The maximum absolute atomic E-state index is 12.8. The molecular weight excluding hydrogens is 438 g/mol. The predicted molar refractivity (Wildman–Crippen MR) is 125 cm³/mol. The summed E-state index contributed by atoms with van der Waals surface area (Å²) in [6, 6.07) is 15.5. The van der Waals surface area contributed by atoms with Crippen molar-refractivity contribution in [2.45, 2.75) is 11.3 Å². The normalized spacial score (nSPS) is 10.9. The van der Waals surface area contributed by atoms with E-state index in [0.717, 1.165) is 31.1 Å². The molecule has 2 aromatic heterocycles. The van der Waals surface area contributed by atoms with E-state index in [4.69, 9.17) is 4.74 Å². The highest BCUT2D eigenvalue weighted by Crippen LogP contribution is 2.32. The fourth-order valence-corrected chi connectivity index (χ4v) is 5.46. The third-order valence-electron chi connectivity index (χ3n) is 4.20. The number of methoxy groups -OCH3 is 1. The zero-order chi connectivity index (χ0) is 20.9. The van der Waals surface area contributed by atoms with Gasteiger partial charge in [-0.25, -0.2) is 4.98 Å². The predicted octanol–water partition coefficient (Wildman–Crippen LogP) is 5.05. The minimum absolute atomic E-state index is 0.00371. The number of hydrogen-bond donors (Lipinski definition) is 1. The van der Waals surface area contributed by atoms with Gasteiger partial charge >= 0.3 is 0 Å². The van der Waals surface area contributed by atoms with Gasteiger partial charge < -0.3 is 10.1 Å². The summed E-state index contributed by atoms with van der Waals surface area (Å²) in [5, 5.41) is 12.9. The Morgan fingerprint density at radius 3 is 2.73 bits per heavy atom. The molecule has 0 aliphatic carbocycles. The molecule has 0 saturated carbocycles. The molecule has 7 nitrogen and oxygen atoms in total. The quantitative estimate of drug-likeness (QED) is 0.371. The Morgan fingerprint density at radius 1 is 1.13 bits per heavy atom. The Hall–Kier alpha value is -2.69. The summed E-state index contributed by atoms with van der Waals surface area (Å²) < 4.78 is 7.13. The number of benzene rings is 2. The number of aromatic nitrogens is 3. The number of rotatable bonds is 8. The van der Waals surface area contributed by atoms with Crippen LogP contribution in [-0.4, -0.2) is 40.5 Å². The number of carbonyl (C=O) groups excluding carboxylic acids is 1. The maximum Gasteiger partial charge on any atom is 0.239 e. The van der Waals surface area contributed by atoms with Crippen LogP contribution in [0, 0.1) is 0 Å². The second-order valence-corrected chi connectivity index (χ2v) is 9.30. The number of thiazole rings is 1. The molecule has 0 aliphatic rings. The monoisotopic (exact) mass is 457 g/mol. The van der Waals surface area contributed by atoms with E-state index in [1.807, 2.05) is 55.5 Å². The van der Waals surface area contributed by atoms with E-state index in [9.17, 15) is 4.79 Å². The lowest BCUT2D eigenvalue weighted by atomic mass is 10.3. The van der Waals surface area contributed by atoms with Crippen LogP contribution >= 0.6 is 34.4 Å². The molecular formula is C20H19N5O2S3. The summed E-state index contributed by atoms with van der Waals surface area (Å²) in [6.45, 7) is 2.52. The molecule has 1 amide bonds. The second kappa shape index (κ2) is 9.41. The lowest BCUT2D eigenvalue weighted by Gasteiger charge is -2.16. The molecule has 4 rings (SSSR count). The highest BCUT2D eigenvalue weighted by atomic mass is 32.2. The molecule has 4 aromatic rings. The van der Waals surface area contributed by atoms with Crippen LogP contribution in [0.4, 0.5) is 16.0 Å². The minimum atomic E-state index is -0.00371. The van der Waals surface area contributed by atoms with E-state index in [1.165, 1.54) is 34.4 Å². The first-order valence-corrected chi connectivity index (χ1v) is 11.8. The molecule has 0 saturated heterocycles. The molecule has 2 heterocycles. The molecule has 154 valence electrons. The topological polar surface area (TPSA) is 80.2 Å². The maximum atomic E-state index is 12.8. The van der Waals surface area contributed by atoms with Crippen LogP contribution in [0.1, 0.15) is 6.92 Å². The summed E-state index contributed by atoms with van der Waals surface area (Å²) in [5.41, 5.74) is 1.73. The van der Waals surface area contributed by atoms with Crippen molar-refractivity contribution in [3.63, 3.8) is 0 Å². The molecule has 1 N–H and O–H groups in total. The Morgan fingerprint density at radius 2 is 1.93 bits per heavy atom. The van der Waals surface area contributed by atoms with Crippen molar-refractivity contribution in [1.29, 1.82) is 0 Å². The molecule has 0 bridgehead atoms. The van der Waals surface area contributed by atoms with Gasteiger partial charge in [0.15, 0.2) is 9.47 Å². The van der Waals surface area contributed by atoms with Crippen LogP contribution < -0.4 is 15.0 Å². The van der Waals surface area contributed by atoms with Crippen molar-refractivity contribution < 1.29 is 9.53 Å². The molecule has 2 aromatic carbocycles. The number of hydrogen-bond acceptors (Lipinski definition) is 9. The molecule has 0 spiro atoms. The van der Waals surface area contributed by atoms with Gasteiger partial charge in [-0.2, -0.15) is 0 Å². The number of anilines is 3. The average Bonchev–Trinajstić information content (AvgIpc) is 3.40. The zero-order valence-electron chi connectivity index (χ0n) is 16.4. The Labute approximate surface area is 186 Å². The lowest BCUT2D eigenvalue weighted by molar-refractivity contribution is -0.116. The number of thioether (sulfide) groups is 1. The Bertz CT molecular complexity index is 1130. The molecule has 30 heavy (non-hydrogen) atoms. The van der Waals surface area contributed by atoms with Gasteiger partial charge in [0.1, 0.15) is 5.75 Å². The Balaban J connectivity index is 1.39. The SMILES string of the molecule is CCN(C(=O)CSc1nnc(Nc2ccccc2OC)s1)c1nc2ccccc2s1. The van der Waals surface area contributed by atoms with Gasteiger partial charge in [-0.05, 0) is 31.2 Å². The van der Waals surface area contributed by atoms with E-state index in [0.29, 0.717) is 11.7 Å². The molecule has 0 aliphatic heterocycles. The number of amides is 1. The van der Waals surface area contributed by atoms with Crippen LogP contribution in [-0.2, 0) is 4.79 Å². The van der Waals surface area contributed by atoms with Crippen molar-refractivity contribution in [2.24, 2.45) is 0 Å². The number of nitrogens with one attached hydrogen (secondary N) is 1.